The van der Waals surface area contributed by atoms with Gasteiger partial charge in [-0.25, -0.2) is 0 Å². The third-order valence-corrected chi connectivity index (χ3v) is 3.49. The molecule has 1 saturated heterocycles. The minimum absolute atomic E-state index is 0.541. The predicted octanol–water partition coefficient (Wildman–Crippen LogP) is 0.901. The highest BCUT2D eigenvalue weighted by molar-refractivity contribution is 4.92. The van der Waals surface area contributed by atoms with E-state index in [9.17, 15) is 0 Å². The quantitative estimate of drug-likeness (QED) is 0.506. The molecular formula is C10H20N2O. The lowest BCUT2D eigenvalue weighted by Gasteiger charge is -2.35. The van der Waals surface area contributed by atoms with Crippen molar-refractivity contribution in [1.29, 1.82) is 0 Å². The van der Waals surface area contributed by atoms with Crippen molar-refractivity contribution in [2.24, 2.45) is 23.6 Å². The van der Waals surface area contributed by atoms with Gasteiger partial charge in [0.1, 0.15) is 0 Å². The normalized spacial score (nSPS) is 37.4. The smallest absolute Gasteiger partial charge is 0.0494 e. The topological polar surface area (TPSA) is 47.3 Å². The summed E-state index contributed by atoms with van der Waals surface area (Å²) in [4.78, 5) is 0. The molecule has 2 rings (SSSR count). The predicted molar refractivity (Wildman–Crippen MR) is 51.9 cm³/mol. The second-order valence-corrected chi connectivity index (χ2v) is 4.53. The molecule has 3 unspecified atom stereocenters. The van der Waals surface area contributed by atoms with Gasteiger partial charge in [-0.3, -0.25) is 11.3 Å². The van der Waals surface area contributed by atoms with Gasteiger partial charge in [-0.15, -0.1) is 0 Å². The Labute approximate surface area is 80.0 Å². The Kier molecular flexibility index (Phi) is 2.86. The zero-order valence-electron chi connectivity index (χ0n) is 8.33. The van der Waals surface area contributed by atoms with Crippen LogP contribution in [-0.2, 0) is 4.74 Å². The van der Waals surface area contributed by atoms with Gasteiger partial charge < -0.3 is 4.74 Å². The largest absolute Gasteiger partial charge is 0.381 e. The first-order valence-electron chi connectivity index (χ1n) is 5.37. The molecule has 1 heterocycles. The second kappa shape index (κ2) is 3.95. The Morgan fingerprint density at radius 2 is 2.15 bits per heavy atom. The summed E-state index contributed by atoms with van der Waals surface area (Å²) in [6, 6.07) is 0.541. The summed E-state index contributed by atoms with van der Waals surface area (Å²) in [5.74, 6) is 7.85. The maximum Gasteiger partial charge on any atom is 0.0494 e. The summed E-state index contributed by atoms with van der Waals surface area (Å²) < 4.78 is 5.44. The molecule has 2 aliphatic rings. The van der Waals surface area contributed by atoms with Crippen molar-refractivity contribution in [3.05, 3.63) is 0 Å². The Morgan fingerprint density at radius 1 is 1.38 bits per heavy atom. The van der Waals surface area contributed by atoms with Crippen LogP contribution in [0.5, 0.6) is 0 Å². The van der Waals surface area contributed by atoms with Crippen molar-refractivity contribution in [1.82, 2.24) is 5.43 Å². The lowest BCUT2D eigenvalue weighted by Crippen LogP contribution is -2.47. The van der Waals surface area contributed by atoms with Crippen molar-refractivity contribution in [3.63, 3.8) is 0 Å². The maximum atomic E-state index is 5.62. The Morgan fingerprint density at radius 3 is 2.69 bits per heavy atom. The van der Waals surface area contributed by atoms with Crippen LogP contribution in [0, 0.1) is 17.8 Å². The lowest BCUT2D eigenvalue weighted by molar-refractivity contribution is 0.00789. The lowest BCUT2D eigenvalue weighted by atomic mass is 9.82. The molecule has 3 heteroatoms. The van der Waals surface area contributed by atoms with E-state index in [0.717, 1.165) is 25.0 Å². The van der Waals surface area contributed by atoms with Crippen LogP contribution in [0.2, 0.25) is 0 Å². The molecule has 1 aliphatic carbocycles. The van der Waals surface area contributed by atoms with E-state index in [1.807, 2.05) is 0 Å². The summed E-state index contributed by atoms with van der Waals surface area (Å²) in [6.45, 7) is 4.10. The summed E-state index contributed by atoms with van der Waals surface area (Å²) in [7, 11) is 0. The van der Waals surface area contributed by atoms with Crippen LogP contribution in [-0.4, -0.2) is 19.3 Å². The average Bonchev–Trinajstić information content (AvgIpc) is 2.93. The summed E-state index contributed by atoms with van der Waals surface area (Å²) in [5, 5.41) is 0. The van der Waals surface area contributed by atoms with Crippen LogP contribution < -0.4 is 11.3 Å². The number of hydrogen-bond donors (Lipinski definition) is 2. The summed E-state index contributed by atoms with van der Waals surface area (Å²) in [5.41, 5.74) is 3.01. The molecule has 0 aromatic rings. The molecule has 13 heavy (non-hydrogen) atoms. The van der Waals surface area contributed by atoms with Crippen LogP contribution in [0.4, 0.5) is 0 Å². The highest BCUT2D eigenvalue weighted by Crippen LogP contribution is 2.39. The molecule has 0 bridgehead atoms. The summed E-state index contributed by atoms with van der Waals surface area (Å²) in [6.07, 6.45) is 3.89. The van der Waals surface area contributed by atoms with Gasteiger partial charge in [-0.2, -0.15) is 0 Å². The van der Waals surface area contributed by atoms with Gasteiger partial charge >= 0.3 is 0 Å². The van der Waals surface area contributed by atoms with E-state index in [-0.39, 0.29) is 0 Å². The Hall–Kier alpha value is -0.120. The standard InChI is InChI=1S/C10H20N2O/c1-7-6-13-5-4-9(7)10(12-11)8-2-3-8/h7-10,12H,2-6,11H2,1H3. The molecule has 0 aromatic heterocycles. The highest BCUT2D eigenvalue weighted by Gasteiger charge is 2.39. The average molecular weight is 184 g/mol. The number of nitrogens with two attached hydrogens (primary N) is 1. The molecule has 0 spiro atoms. The zero-order chi connectivity index (χ0) is 9.26. The van der Waals surface area contributed by atoms with Gasteiger partial charge in [0.15, 0.2) is 0 Å². The monoisotopic (exact) mass is 184 g/mol. The first-order valence-corrected chi connectivity index (χ1v) is 5.37. The van der Waals surface area contributed by atoms with Crippen LogP contribution >= 0.6 is 0 Å². The van der Waals surface area contributed by atoms with E-state index in [1.165, 1.54) is 19.3 Å². The summed E-state index contributed by atoms with van der Waals surface area (Å²) >= 11 is 0. The van der Waals surface area contributed by atoms with Crippen LogP contribution in [0.25, 0.3) is 0 Å². The highest BCUT2D eigenvalue weighted by atomic mass is 16.5. The van der Waals surface area contributed by atoms with Crippen molar-refractivity contribution >= 4 is 0 Å². The van der Waals surface area contributed by atoms with E-state index in [0.29, 0.717) is 12.0 Å². The SMILES string of the molecule is CC1COCCC1C(NN)C1CC1. The van der Waals surface area contributed by atoms with Crippen molar-refractivity contribution in [2.75, 3.05) is 13.2 Å². The molecule has 0 radical (unpaired) electrons. The number of hydrogen-bond acceptors (Lipinski definition) is 3. The van der Waals surface area contributed by atoms with Gasteiger partial charge in [0.05, 0.1) is 0 Å². The number of nitrogens with one attached hydrogen (secondary N) is 1. The minimum Gasteiger partial charge on any atom is -0.381 e. The first-order chi connectivity index (χ1) is 6.33. The third-order valence-electron chi connectivity index (χ3n) is 3.49. The fraction of sp³-hybridized carbons (Fsp3) is 1.00. The molecule has 2 fully saturated rings. The van der Waals surface area contributed by atoms with Crippen molar-refractivity contribution in [2.45, 2.75) is 32.2 Å². The molecule has 3 N–H and O–H groups in total. The van der Waals surface area contributed by atoms with Crippen molar-refractivity contribution in [3.8, 4) is 0 Å². The van der Waals surface area contributed by atoms with Crippen LogP contribution in [0.15, 0.2) is 0 Å². The van der Waals surface area contributed by atoms with Gasteiger partial charge in [0.25, 0.3) is 0 Å². The van der Waals surface area contributed by atoms with Gasteiger partial charge in [-0.1, -0.05) is 6.92 Å². The molecule has 3 atom stereocenters. The fourth-order valence-electron chi connectivity index (χ4n) is 2.49. The molecule has 3 nitrogen and oxygen atoms in total. The van der Waals surface area contributed by atoms with E-state index in [4.69, 9.17) is 10.6 Å². The van der Waals surface area contributed by atoms with Crippen LogP contribution in [0.3, 0.4) is 0 Å². The molecular weight excluding hydrogens is 164 g/mol. The van der Waals surface area contributed by atoms with Gasteiger partial charge in [0, 0.05) is 19.3 Å². The Bertz CT molecular complexity index is 170. The van der Waals surface area contributed by atoms with E-state index < -0.39 is 0 Å². The van der Waals surface area contributed by atoms with E-state index in [2.05, 4.69) is 12.3 Å². The minimum atomic E-state index is 0.541. The molecule has 76 valence electrons. The maximum absolute atomic E-state index is 5.62. The van der Waals surface area contributed by atoms with E-state index in [1.54, 1.807) is 0 Å². The van der Waals surface area contributed by atoms with Gasteiger partial charge in [-0.05, 0) is 37.0 Å². The van der Waals surface area contributed by atoms with Crippen molar-refractivity contribution < 1.29 is 4.74 Å². The Balaban J connectivity index is 1.94. The second-order valence-electron chi connectivity index (χ2n) is 4.53. The van der Waals surface area contributed by atoms with Gasteiger partial charge in [0.2, 0.25) is 0 Å². The molecule has 0 aromatic carbocycles. The number of rotatable bonds is 3. The number of hydrazine groups is 1. The number of ether oxygens (including phenoxy) is 1. The molecule has 0 amide bonds. The molecule has 1 saturated carbocycles. The first kappa shape index (κ1) is 9.44. The molecule has 1 aliphatic heterocycles. The third kappa shape index (κ3) is 2.03. The zero-order valence-corrected chi connectivity index (χ0v) is 8.33. The van der Waals surface area contributed by atoms with E-state index >= 15 is 0 Å². The fourth-order valence-corrected chi connectivity index (χ4v) is 2.49. The van der Waals surface area contributed by atoms with Crippen LogP contribution in [0.1, 0.15) is 26.2 Å².